The third kappa shape index (κ3) is 6.91. The van der Waals surface area contributed by atoms with Gasteiger partial charge < -0.3 is 9.47 Å². The zero-order valence-corrected chi connectivity index (χ0v) is 23.5. The summed E-state index contributed by atoms with van der Waals surface area (Å²) in [5.74, 6) is 1.83. The molecule has 4 rings (SSSR count). The van der Waals surface area contributed by atoms with Gasteiger partial charge in [-0.05, 0) is 67.9 Å². The Bertz CT molecular complexity index is 1430. The number of aryl methyl sites for hydroxylation is 1. The molecule has 4 aromatic rings. The lowest BCUT2D eigenvalue weighted by Crippen LogP contribution is -2.11. The summed E-state index contributed by atoms with van der Waals surface area (Å²) in [6.07, 6.45) is 0. The number of hydrogen-bond donors (Lipinski definition) is 0. The zero-order valence-electron chi connectivity index (χ0n) is 20.4. The number of thioether (sulfide) groups is 1. The highest BCUT2D eigenvalue weighted by Crippen LogP contribution is 2.39. The zero-order chi connectivity index (χ0) is 27.2. The number of ether oxygens (including phenoxy) is 2. The predicted molar refractivity (Wildman–Crippen MR) is 150 cm³/mol. The van der Waals surface area contributed by atoms with Gasteiger partial charge in [0.15, 0.2) is 5.16 Å². The van der Waals surface area contributed by atoms with E-state index in [1.807, 2.05) is 42.7 Å². The molecule has 0 bridgehead atoms. The Morgan fingerprint density at radius 2 is 1.76 bits per heavy atom. The highest BCUT2D eigenvalue weighted by molar-refractivity contribution is 7.99. The fourth-order valence-electron chi connectivity index (χ4n) is 3.68. The molecule has 0 aliphatic carbocycles. The lowest BCUT2D eigenvalue weighted by Gasteiger charge is -2.16. The molecular weight excluding hydrogens is 571 g/mol. The molecule has 0 saturated heterocycles. The van der Waals surface area contributed by atoms with Crippen molar-refractivity contribution in [1.82, 2.24) is 14.8 Å². The Morgan fingerprint density at radius 1 is 1.00 bits per heavy atom. The van der Waals surface area contributed by atoms with Crippen molar-refractivity contribution >= 4 is 46.6 Å². The molecule has 0 aliphatic rings. The molecule has 0 unspecified atom stereocenters. The van der Waals surface area contributed by atoms with Crippen molar-refractivity contribution in [2.24, 2.45) is 0 Å². The number of rotatable bonds is 11. The summed E-state index contributed by atoms with van der Waals surface area (Å²) in [5, 5.41) is 21.3. The molecule has 0 fully saturated rings. The average molecular weight is 594 g/mol. The van der Waals surface area contributed by atoms with Gasteiger partial charge in [0.1, 0.15) is 29.2 Å². The van der Waals surface area contributed by atoms with Crippen molar-refractivity contribution in [2.75, 3.05) is 13.2 Å². The van der Waals surface area contributed by atoms with Crippen LogP contribution in [0, 0.1) is 17.0 Å². The minimum absolute atomic E-state index is 0.187. The molecule has 1 atom stereocenters. The number of nitrogens with zero attached hydrogens (tertiary/aromatic N) is 4. The topological polar surface area (TPSA) is 92.3 Å². The number of nitro groups is 1. The number of halogens is 3. The highest BCUT2D eigenvalue weighted by Gasteiger charge is 2.25. The van der Waals surface area contributed by atoms with E-state index in [9.17, 15) is 10.1 Å². The van der Waals surface area contributed by atoms with Crippen LogP contribution in [0.25, 0.3) is 5.69 Å². The van der Waals surface area contributed by atoms with Crippen molar-refractivity contribution in [3.05, 3.63) is 103 Å². The van der Waals surface area contributed by atoms with Crippen LogP contribution in [-0.4, -0.2) is 32.8 Å². The van der Waals surface area contributed by atoms with Gasteiger partial charge in [-0.3, -0.25) is 14.7 Å². The lowest BCUT2D eigenvalue weighted by molar-refractivity contribution is -0.479. The molecule has 198 valence electrons. The van der Waals surface area contributed by atoms with Gasteiger partial charge in [-0.15, -0.1) is 10.2 Å². The third-order valence-corrected chi connectivity index (χ3v) is 7.55. The highest BCUT2D eigenvalue weighted by atomic mass is 35.5. The Balaban J connectivity index is 1.56. The first-order chi connectivity index (χ1) is 18.2. The number of hydrogen-bond acceptors (Lipinski definition) is 7. The van der Waals surface area contributed by atoms with Crippen molar-refractivity contribution in [3.63, 3.8) is 0 Å². The summed E-state index contributed by atoms with van der Waals surface area (Å²) in [7, 11) is 0. The quantitative estimate of drug-likeness (QED) is 0.100. The minimum Gasteiger partial charge on any atom is -0.494 e. The van der Waals surface area contributed by atoms with Crippen LogP contribution in [0.1, 0.15) is 29.1 Å². The summed E-state index contributed by atoms with van der Waals surface area (Å²) in [4.78, 5) is 11.2. The van der Waals surface area contributed by atoms with E-state index in [0.717, 1.165) is 17.0 Å². The smallest absolute Gasteiger partial charge is 0.220 e. The Morgan fingerprint density at radius 3 is 2.42 bits per heavy atom. The summed E-state index contributed by atoms with van der Waals surface area (Å²) >= 11 is 19.9. The van der Waals surface area contributed by atoms with E-state index >= 15 is 0 Å². The summed E-state index contributed by atoms with van der Waals surface area (Å²) < 4.78 is 13.2. The van der Waals surface area contributed by atoms with E-state index in [2.05, 4.69) is 10.2 Å². The van der Waals surface area contributed by atoms with E-state index in [-0.39, 0.29) is 18.1 Å². The predicted octanol–water partition coefficient (Wildman–Crippen LogP) is 7.62. The van der Waals surface area contributed by atoms with Gasteiger partial charge >= 0.3 is 0 Å². The van der Waals surface area contributed by atoms with Crippen LogP contribution in [0.15, 0.2) is 65.8 Å². The summed E-state index contributed by atoms with van der Waals surface area (Å²) in [5.41, 5.74) is 2.23. The van der Waals surface area contributed by atoms with Crippen molar-refractivity contribution in [2.45, 2.75) is 30.9 Å². The monoisotopic (exact) mass is 592 g/mol. The van der Waals surface area contributed by atoms with Crippen LogP contribution in [0.5, 0.6) is 11.5 Å². The molecule has 38 heavy (non-hydrogen) atoms. The van der Waals surface area contributed by atoms with Crippen LogP contribution in [0.3, 0.4) is 0 Å². The molecule has 1 heterocycles. The molecule has 1 aromatic heterocycles. The maximum absolute atomic E-state index is 11.6. The second-order valence-corrected chi connectivity index (χ2v) is 10.5. The summed E-state index contributed by atoms with van der Waals surface area (Å²) in [6, 6.07) is 17.8. The number of aromatic nitrogens is 3. The fraction of sp³-hybridized carbons (Fsp3) is 0.231. The van der Waals surface area contributed by atoms with Crippen LogP contribution < -0.4 is 9.47 Å². The maximum Gasteiger partial charge on any atom is 0.220 e. The van der Waals surface area contributed by atoms with Gasteiger partial charge in [0.2, 0.25) is 6.54 Å². The van der Waals surface area contributed by atoms with Gasteiger partial charge in [-0.1, -0.05) is 58.7 Å². The van der Waals surface area contributed by atoms with Gasteiger partial charge in [0.05, 0.1) is 11.6 Å². The first-order valence-corrected chi connectivity index (χ1v) is 13.6. The molecule has 12 heteroatoms. The lowest BCUT2D eigenvalue weighted by atomic mass is 10.1. The molecule has 8 nitrogen and oxygen atoms in total. The summed E-state index contributed by atoms with van der Waals surface area (Å²) in [6.45, 7) is 4.16. The molecular formula is C26H23Cl3N4O4S. The van der Waals surface area contributed by atoms with Gasteiger partial charge in [0.25, 0.3) is 0 Å². The SMILES string of the molecule is CCOc1ccc(-n2c(C)nnc2S[C@H](C[N+](=O)[O-])c2ccc(OCc3ccc(Cl)cc3Cl)c(Cl)c2)cc1. The van der Waals surface area contributed by atoms with E-state index in [4.69, 9.17) is 44.3 Å². The first kappa shape index (κ1) is 28.0. The largest absolute Gasteiger partial charge is 0.494 e. The second kappa shape index (κ2) is 12.7. The average Bonchev–Trinajstić information content (AvgIpc) is 3.24. The number of benzene rings is 3. The van der Waals surface area contributed by atoms with Crippen molar-refractivity contribution in [1.29, 1.82) is 0 Å². The van der Waals surface area contributed by atoms with E-state index in [1.54, 1.807) is 36.4 Å². The van der Waals surface area contributed by atoms with E-state index in [0.29, 0.717) is 44.0 Å². The van der Waals surface area contributed by atoms with Gasteiger partial charge in [-0.25, -0.2) is 0 Å². The molecule has 0 saturated carbocycles. The maximum atomic E-state index is 11.6. The first-order valence-electron chi connectivity index (χ1n) is 11.5. The Hall–Kier alpha value is -2.98. The van der Waals surface area contributed by atoms with Crippen molar-refractivity contribution in [3.8, 4) is 17.2 Å². The fourth-order valence-corrected chi connectivity index (χ4v) is 5.55. The second-order valence-electron chi connectivity index (χ2n) is 8.13. The van der Waals surface area contributed by atoms with Crippen LogP contribution >= 0.6 is 46.6 Å². The van der Waals surface area contributed by atoms with Crippen LogP contribution in [0.4, 0.5) is 0 Å². The standard InChI is InChI=1S/C26H23Cl3N4O4S/c1-3-36-21-9-7-20(8-10-21)33-16(2)30-31-26(33)38-25(14-32(34)35)17-5-11-24(23(29)12-17)37-15-18-4-6-19(27)13-22(18)28/h4-13,25H,3,14-15H2,1-2H3/t25-/m1/s1. The normalized spacial score (nSPS) is 11.8. The Kier molecular flexibility index (Phi) is 9.38. The van der Waals surface area contributed by atoms with Crippen LogP contribution in [-0.2, 0) is 6.61 Å². The molecule has 0 amide bonds. The molecule has 0 radical (unpaired) electrons. The van der Waals surface area contributed by atoms with Crippen LogP contribution in [0.2, 0.25) is 15.1 Å². The minimum atomic E-state index is -0.577. The third-order valence-electron chi connectivity index (χ3n) is 5.49. The Labute approximate surface area is 239 Å². The van der Waals surface area contributed by atoms with E-state index < -0.39 is 5.25 Å². The van der Waals surface area contributed by atoms with Gasteiger partial charge in [0, 0.05) is 26.2 Å². The molecule has 0 spiro atoms. The molecule has 3 aromatic carbocycles. The van der Waals surface area contributed by atoms with Crippen molar-refractivity contribution < 1.29 is 14.4 Å². The van der Waals surface area contributed by atoms with E-state index in [1.165, 1.54) is 11.8 Å². The van der Waals surface area contributed by atoms with Gasteiger partial charge in [-0.2, -0.15) is 0 Å². The molecule has 0 aliphatic heterocycles. The molecule has 0 N–H and O–H groups in total.